The molecule has 0 unspecified atom stereocenters. The van der Waals surface area contributed by atoms with Gasteiger partial charge in [-0.05, 0) is 73.2 Å². The maximum absolute atomic E-state index is 12.8. The molecule has 0 aliphatic carbocycles. The average molecular weight is 531 g/mol. The summed E-state index contributed by atoms with van der Waals surface area (Å²) in [6.07, 6.45) is 0. The number of ether oxygens (including phenoxy) is 1. The van der Waals surface area contributed by atoms with Gasteiger partial charge in [0.25, 0.3) is 5.91 Å². The number of amides is 1. The molecule has 3 aromatic carbocycles. The maximum Gasteiger partial charge on any atom is 0.261 e. The van der Waals surface area contributed by atoms with Crippen molar-refractivity contribution in [2.24, 2.45) is 0 Å². The molecule has 0 saturated carbocycles. The largest absolute Gasteiger partial charge is 0.496 e. The molecule has 1 heterocycles. The van der Waals surface area contributed by atoms with Crippen LogP contribution in [0.25, 0.3) is 22.6 Å². The van der Waals surface area contributed by atoms with Crippen molar-refractivity contribution in [1.82, 2.24) is 10.3 Å². The first-order valence-corrected chi connectivity index (χ1v) is 11.0. The van der Waals surface area contributed by atoms with Gasteiger partial charge in [0, 0.05) is 20.7 Å². The van der Waals surface area contributed by atoms with Crippen molar-refractivity contribution in [3.8, 4) is 17.2 Å². The van der Waals surface area contributed by atoms with E-state index in [1.54, 1.807) is 24.3 Å². The van der Waals surface area contributed by atoms with Crippen LogP contribution in [0.15, 0.2) is 63.5 Å². The molecule has 32 heavy (non-hydrogen) atoms. The first-order chi connectivity index (χ1) is 15.3. The molecule has 9 heteroatoms. The van der Waals surface area contributed by atoms with E-state index in [1.165, 1.54) is 7.11 Å². The normalized spacial score (nSPS) is 10.8. The second-order valence-corrected chi connectivity index (χ2v) is 8.68. The van der Waals surface area contributed by atoms with Gasteiger partial charge in [-0.25, -0.2) is 4.98 Å². The van der Waals surface area contributed by atoms with Crippen molar-refractivity contribution in [3.05, 3.63) is 75.2 Å². The Kier molecular flexibility index (Phi) is 6.45. The molecule has 4 aromatic rings. The first kappa shape index (κ1) is 22.3. The summed E-state index contributed by atoms with van der Waals surface area (Å²) in [7, 11) is 1.52. The van der Waals surface area contributed by atoms with Gasteiger partial charge in [0.1, 0.15) is 11.3 Å². The molecule has 0 atom stereocenters. The average Bonchev–Trinajstić information content (AvgIpc) is 3.16. The second-order valence-electron chi connectivity index (χ2n) is 6.92. The van der Waals surface area contributed by atoms with E-state index in [2.05, 4.69) is 31.5 Å². The van der Waals surface area contributed by atoms with Gasteiger partial charge in [-0.1, -0.05) is 33.6 Å². The van der Waals surface area contributed by atoms with E-state index in [0.717, 1.165) is 15.6 Å². The quantitative estimate of drug-likeness (QED) is 0.299. The number of thiocarbonyl (C=S) groups is 1. The van der Waals surface area contributed by atoms with Crippen LogP contribution >= 0.6 is 39.7 Å². The van der Waals surface area contributed by atoms with E-state index < -0.39 is 0 Å². The third-order valence-electron chi connectivity index (χ3n) is 4.63. The summed E-state index contributed by atoms with van der Waals surface area (Å²) >= 11 is 14.8. The van der Waals surface area contributed by atoms with Gasteiger partial charge in [0.15, 0.2) is 10.7 Å². The number of fused-ring (bicyclic) bond motifs is 1. The molecule has 0 aliphatic heterocycles. The van der Waals surface area contributed by atoms with E-state index in [9.17, 15) is 4.79 Å². The minimum absolute atomic E-state index is 0.149. The lowest BCUT2D eigenvalue weighted by atomic mass is 10.1. The summed E-state index contributed by atoms with van der Waals surface area (Å²) < 4.78 is 12.0. The fourth-order valence-corrected chi connectivity index (χ4v) is 4.21. The van der Waals surface area contributed by atoms with Crippen LogP contribution in [0.2, 0.25) is 5.02 Å². The van der Waals surface area contributed by atoms with Crippen LogP contribution in [0.3, 0.4) is 0 Å². The standard InChI is InChI=1S/C23H17BrClN3O3S/c1-12-8-14(24)10-17(20(12)30-2)21(29)28-23(32)26-16-5-3-4-13(9-16)22-27-18-11-15(25)6-7-19(18)31-22/h3-11H,1-2H3,(H2,26,28,29,32). The van der Waals surface area contributed by atoms with Crippen LogP contribution in [0, 0.1) is 6.92 Å². The number of nitrogens with zero attached hydrogens (tertiary/aromatic N) is 1. The third-order valence-corrected chi connectivity index (χ3v) is 5.53. The summed E-state index contributed by atoms with van der Waals surface area (Å²) in [5.74, 6) is 0.567. The highest BCUT2D eigenvalue weighted by atomic mass is 79.9. The zero-order valence-corrected chi connectivity index (χ0v) is 20.2. The predicted molar refractivity (Wildman–Crippen MR) is 134 cm³/mol. The van der Waals surface area contributed by atoms with Crippen molar-refractivity contribution in [2.45, 2.75) is 6.92 Å². The zero-order chi connectivity index (χ0) is 22.8. The number of carbonyl (C=O) groups excluding carboxylic acids is 1. The summed E-state index contributed by atoms with van der Waals surface area (Å²) in [4.78, 5) is 17.3. The molecule has 6 nitrogen and oxygen atoms in total. The molecule has 0 saturated heterocycles. The number of anilines is 1. The molecule has 162 valence electrons. The molecular formula is C23H17BrClN3O3S. The number of aryl methyl sites for hydroxylation is 1. The van der Waals surface area contributed by atoms with E-state index in [1.807, 2.05) is 37.3 Å². The fraction of sp³-hybridized carbons (Fsp3) is 0.0870. The predicted octanol–water partition coefficient (Wildman–Crippen LogP) is 6.35. The Morgan fingerprint density at radius 2 is 2.00 bits per heavy atom. The van der Waals surface area contributed by atoms with Crippen molar-refractivity contribution >= 4 is 67.6 Å². The molecule has 4 rings (SSSR count). The van der Waals surface area contributed by atoms with Gasteiger partial charge in [-0.15, -0.1) is 0 Å². The molecule has 1 amide bonds. The van der Waals surface area contributed by atoms with Crippen molar-refractivity contribution in [1.29, 1.82) is 0 Å². The molecule has 0 bridgehead atoms. The molecular weight excluding hydrogens is 514 g/mol. The van der Waals surface area contributed by atoms with Crippen LogP contribution < -0.4 is 15.4 Å². The Bertz CT molecular complexity index is 1360. The van der Waals surface area contributed by atoms with Gasteiger partial charge in [0.05, 0.1) is 12.7 Å². The zero-order valence-electron chi connectivity index (χ0n) is 17.0. The van der Waals surface area contributed by atoms with E-state index in [4.69, 9.17) is 33.0 Å². The molecule has 1 aromatic heterocycles. The van der Waals surface area contributed by atoms with Crippen LogP contribution in [0.1, 0.15) is 15.9 Å². The Labute approximate surface area is 203 Å². The van der Waals surface area contributed by atoms with Crippen LogP contribution in [0.4, 0.5) is 5.69 Å². The van der Waals surface area contributed by atoms with Gasteiger partial charge in [-0.2, -0.15) is 0 Å². The first-order valence-electron chi connectivity index (χ1n) is 9.47. The Balaban J connectivity index is 1.51. The number of hydrogen-bond donors (Lipinski definition) is 2. The summed E-state index contributed by atoms with van der Waals surface area (Å²) in [5.41, 5.74) is 3.95. The lowest BCUT2D eigenvalue weighted by Gasteiger charge is -2.14. The Hall–Kier alpha value is -2.94. The smallest absolute Gasteiger partial charge is 0.261 e. The van der Waals surface area contributed by atoms with E-state index >= 15 is 0 Å². The Morgan fingerprint density at radius 3 is 2.78 bits per heavy atom. The maximum atomic E-state index is 12.8. The molecule has 0 spiro atoms. The van der Waals surface area contributed by atoms with Crippen LogP contribution in [0.5, 0.6) is 5.75 Å². The number of benzene rings is 3. The van der Waals surface area contributed by atoms with Crippen LogP contribution in [-0.4, -0.2) is 23.1 Å². The highest BCUT2D eigenvalue weighted by Crippen LogP contribution is 2.29. The van der Waals surface area contributed by atoms with Gasteiger partial charge >= 0.3 is 0 Å². The number of nitrogens with one attached hydrogen (secondary N) is 2. The van der Waals surface area contributed by atoms with Gasteiger partial charge in [-0.3, -0.25) is 10.1 Å². The molecule has 0 fully saturated rings. The number of carbonyl (C=O) groups is 1. The van der Waals surface area contributed by atoms with Crippen LogP contribution in [-0.2, 0) is 0 Å². The highest BCUT2D eigenvalue weighted by Gasteiger charge is 2.17. The monoisotopic (exact) mass is 529 g/mol. The summed E-state index contributed by atoms with van der Waals surface area (Å²) in [6.45, 7) is 1.86. The number of oxazole rings is 1. The number of hydrogen-bond acceptors (Lipinski definition) is 5. The number of halogens is 2. The fourth-order valence-electron chi connectivity index (χ4n) is 3.26. The highest BCUT2D eigenvalue weighted by molar-refractivity contribution is 9.10. The van der Waals surface area contributed by atoms with Crippen molar-refractivity contribution in [2.75, 3.05) is 12.4 Å². The minimum atomic E-state index is -0.379. The molecule has 0 aliphatic rings. The SMILES string of the molecule is COc1c(C)cc(Br)cc1C(=O)NC(=S)Nc1cccc(-c2nc3cc(Cl)ccc3o2)c1. The van der Waals surface area contributed by atoms with E-state index in [-0.39, 0.29) is 11.0 Å². The van der Waals surface area contributed by atoms with Crippen molar-refractivity contribution < 1.29 is 13.9 Å². The lowest BCUT2D eigenvalue weighted by molar-refractivity contribution is 0.0974. The topological polar surface area (TPSA) is 76.4 Å². The number of aromatic nitrogens is 1. The van der Waals surface area contributed by atoms with E-state index in [0.29, 0.717) is 39.0 Å². The third kappa shape index (κ3) is 4.77. The molecule has 0 radical (unpaired) electrons. The van der Waals surface area contributed by atoms with Crippen molar-refractivity contribution in [3.63, 3.8) is 0 Å². The number of rotatable bonds is 4. The number of methoxy groups -OCH3 is 1. The second kappa shape index (κ2) is 9.28. The molecule has 2 N–H and O–H groups in total. The summed E-state index contributed by atoms with van der Waals surface area (Å²) in [5, 5.41) is 6.44. The minimum Gasteiger partial charge on any atom is -0.496 e. The summed E-state index contributed by atoms with van der Waals surface area (Å²) in [6, 6.07) is 16.2. The van der Waals surface area contributed by atoms with Gasteiger partial charge in [0.2, 0.25) is 5.89 Å². The lowest BCUT2D eigenvalue weighted by Crippen LogP contribution is -2.34. The Morgan fingerprint density at radius 1 is 1.19 bits per heavy atom. The van der Waals surface area contributed by atoms with Gasteiger partial charge < -0.3 is 14.5 Å².